The highest BCUT2D eigenvalue weighted by Crippen LogP contribution is 2.19. The van der Waals surface area contributed by atoms with Gasteiger partial charge in [-0.3, -0.25) is 4.57 Å². The van der Waals surface area contributed by atoms with E-state index in [0.29, 0.717) is 5.02 Å². The van der Waals surface area contributed by atoms with E-state index in [1.54, 1.807) is 17.0 Å². The molecule has 78 valence electrons. The number of nitrogens with zero attached hydrogens (tertiary/aromatic N) is 1. The summed E-state index contributed by atoms with van der Waals surface area (Å²) >= 11 is 5.89. The first kappa shape index (κ1) is 10.1. The molecule has 1 atom stereocenters. The quantitative estimate of drug-likeness (QED) is 0.833. The molecule has 1 heterocycles. The molecule has 1 unspecified atom stereocenters. The van der Waals surface area contributed by atoms with E-state index in [4.69, 9.17) is 11.6 Å². The van der Waals surface area contributed by atoms with Gasteiger partial charge in [-0.1, -0.05) is 23.7 Å². The van der Waals surface area contributed by atoms with Crippen LogP contribution in [0.4, 0.5) is 0 Å². The minimum Gasteiger partial charge on any atom is -0.313 e. The first-order valence-corrected chi connectivity index (χ1v) is 5.07. The minimum absolute atomic E-state index is 0.0116. The zero-order valence-electron chi connectivity index (χ0n) is 8.27. The van der Waals surface area contributed by atoms with Gasteiger partial charge < -0.3 is 4.98 Å². The maximum atomic E-state index is 11.4. The van der Waals surface area contributed by atoms with E-state index < -0.39 is 0 Å². The molecule has 1 N–H and O–H groups in total. The average molecular weight is 223 g/mol. The normalized spacial score (nSPS) is 12.7. The number of hydrogen-bond donors (Lipinski definition) is 1. The lowest BCUT2D eigenvalue weighted by atomic mass is 10.1. The van der Waals surface area contributed by atoms with Crippen molar-refractivity contribution >= 4 is 11.6 Å². The zero-order valence-corrected chi connectivity index (χ0v) is 9.03. The Balaban J connectivity index is 2.41. The number of benzene rings is 1. The van der Waals surface area contributed by atoms with Gasteiger partial charge >= 0.3 is 5.69 Å². The van der Waals surface area contributed by atoms with Crippen LogP contribution >= 0.6 is 11.6 Å². The van der Waals surface area contributed by atoms with Gasteiger partial charge in [-0.25, -0.2) is 4.79 Å². The molecule has 15 heavy (non-hydrogen) atoms. The van der Waals surface area contributed by atoms with Crippen LogP contribution in [0.1, 0.15) is 18.5 Å². The van der Waals surface area contributed by atoms with Crippen LogP contribution in [-0.2, 0) is 0 Å². The van der Waals surface area contributed by atoms with Crippen molar-refractivity contribution < 1.29 is 0 Å². The van der Waals surface area contributed by atoms with E-state index in [2.05, 4.69) is 4.98 Å². The van der Waals surface area contributed by atoms with Crippen LogP contribution in [0.2, 0.25) is 5.02 Å². The van der Waals surface area contributed by atoms with Crippen molar-refractivity contribution in [2.24, 2.45) is 0 Å². The van der Waals surface area contributed by atoms with E-state index in [1.807, 2.05) is 31.2 Å². The number of rotatable bonds is 2. The smallest absolute Gasteiger partial charge is 0.313 e. The zero-order chi connectivity index (χ0) is 10.8. The lowest BCUT2D eigenvalue weighted by Gasteiger charge is -2.12. The van der Waals surface area contributed by atoms with Gasteiger partial charge in [-0.05, 0) is 24.6 Å². The Morgan fingerprint density at radius 2 is 2.27 bits per heavy atom. The van der Waals surface area contributed by atoms with E-state index in [9.17, 15) is 4.79 Å². The van der Waals surface area contributed by atoms with Gasteiger partial charge in [0, 0.05) is 17.4 Å². The predicted molar refractivity (Wildman–Crippen MR) is 60.3 cm³/mol. The molecule has 0 saturated heterocycles. The molecule has 0 radical (unpaired) electrons. The Labute approximate surface area is 92.3 Å². The topological polar surface area (TPSA) is 37.8 Å². The van der Waals surface area contributed by atoms with Crippen molar-refractivity contribution in [1.29, 1.82) is 0 Å². The number of hydrogen-bond acceptors (Lipinski definition) is 1. The third-order valence-electron chi connectivity index (χ3n) is 2.42. The van der Waals surface area contributed by atoms with Crippen LogP contribution in [0, 0.1) is 0 Å². The molecule has 4 heteroatoms. The van der Waals surface area contributed by atoms with E-state index in [0.717, 1.165) is 5.56 Å². The van der Waals surface area contributed by atoms with Crippen LogP contribution in [0.5, 0.6) is 0 Å². The standard InChI is InChI=1S/C11H11ClN2O/c1-8(14-6-5-13-11(14)15)9-3-2-4-10(12)7-9/h2-8H,1H3,(H,13,15). The first-order chi connectivity index (χ1) is 7.18. The Kier molecular flexibility index (Phi) is 2.64. The lowest BCUT2D eigenvalue weighted by molar-refractivity contribution is 0.617. The van der Waals surface area contributed by atoms with Gasteiger partial charge in [0.25, 0.3) is 0 Å². The predicted octanol–water partition coefficient (Wildman–Crippen LogP) is 2.44. The second-order valence-corrected chi connectivity index (χ2v) is 3.84. The SMILES string of the molecule is CC(c1cccc(Cl)c1)n1cc[nH]c1=O. The Morgan fingerprint density at radius 1 is 1.47 bits per heavy atom. The summed E-state index contributed by atoms with van der Waals surface area (Å²) in [5.74, 6) is 0. The second-order valence-electron chi connectivity index (χ2n) is 3.40. The fourth-order valence-electron chi connectivity index (χ4n) is 1.56. The number of imidazole rings is 1. The molecular weight excluding hydrogens is 212 g/mol. The summed E-state index contributed by atoms with van der Waals surface area (Å²) in [6, 6.07) is 7.51. The molecule has 0 aliphatic carbocycles. The van der Waals surface area contributed by atoms with Crippen molar-refractivity contribution in [2.75, 3.05) is 0 Å². The van der Waals surface area contributed by atoms with Gasteiger partial charge in [0.15, 0.2) is 0 Å². The highest BCUT2D eigenvalue weighted by Gasteiger charge is 2.09. The second kappa shape index (κ2) is 3.95. The summed E-state index contributed by atoms with van der Waals surface area (Å²) in [6.07, 6.45) is 3.36. The van der Waals surface area contributed by atoms with Crippen LogP contribution in [-0.4, -0.2) is 9.55 Å². The Morgan fingerprint density at radius 3 is 2.87 bits per heavy atom. The van der Waals surface area contributed by atoms with Gasteiger partial charge in [0.1, 0.15) is 0 Å². The van der Waals surface area contributed by atoms with Crippen molar-refractivity contribution in [3.8, 4) is 0 Å². The summed E-state index contributed by atoms with van der Waals surface area (Å²) < 4.78 is 1.63. The van der Waals surface area contributed by atoms with Gasteiger partial charge in [0.05, 0.1) is 6.04 Å². The fourth-order valence-corrected chi connectivity index (χ4v) is 1.76. The minimum atomic E-state index is -0.109. The van der Waals surface area contributed by atoms with Crippen LogP contribution < -0.4 is 5.69 Å². The number of aromatic amines is 1. The Bertz CT molecular complexity index is 515. The number of nitrogens with one attached hydrogen (secondary N) is 1. The van der Waals surface area contributed by atoms with Crippen molar-refractivity contribution in [3.05, 3.63) is 57.7 Å². The fraction of sp³-hybridized carbons (Fsp3) is 0.182. The Hall–Kier alpha value is -1.48. The summed E-state index contributed by atoms with van der Waals surface area (Å²) in [5.41, 5.74) is 0.909. The summed E-state index contributed by atoms with van der Waals surface area (Å²) in [5, 5.41) is 0.683. The monoisotopic (exact) mass is 222 g/mol. The van der Waals surface area contributed by atoms with Crippen LogP contribution in [0.15, 0.2) is 41.5 Å². The van der Waals surface area contributed by atoms with Gasteiger partial charge in [0.2, 0.25) is 0 Å². The van der Waals surface area contributed by atoms with E-state index >= 15 is 0 Å². The highest BCUT2D eigenvalue weighted by atomic mass is 35.5. The van der Waals surface area contributed by atoms with Crippen molar-refractivity contribution in [1.82, 2.24) is 9.55 Å². The average Bonchev–Trinajstić information content (AvgIpc) is 2.63. The number of H-pyrrole nitrogens is 1. The molecule has 0 aliphatic heterocycles. The van der Waals surface area contributed by atoms with Crippen molar-refractivity contribution in [3.63, 3.8) is 0 Å². The van der Waals surface area contributed by atoms with Gasteiger partial charge in [-0.15, -0.1) is 0 Å². The molecule has 0 aliphatic rings. The molecular formula is C11H11ClN2O. The molecule has 2 rings (SSSR count). The van der Waals surface area contributed by atoms with Gasteiger partial charge in [-0.2, -0.15) is 0 Å². The molecule has 1 aromatic heterocycles. The number of aromatic nitrogens is 2. The molecule has 3 nitrogen and oxygen atoms in total. The maximum absolute atomic E-state index is 11.4. The molecule has 1 aromatic carbocycles. The number of halogens is 1. The summed E-state index contributed by atoms with van der Waals surface area (Å²) in [6.45, 7) is 1.96. The molecule has 0 saturated carbocycles. The van der Waals surface area contributed by atoms with Crippen LogP contribution in [0.25, 0.3) is 0 Å². The van der Waals surface area contributed by atoms with Crippen LogP contribution in [0.3, 0.4) is 0 Å². The summed E-state index contributed by atoms with van der Waals surface area (Å²) in [4.78, 5) is 14.0. The lowest BCUT2D eigenvalue weighted by Crippen LogP contribution is -2.20. The summed E-state index contributed by atoms with van der Waals surface area (Å²) in [7, 11) is 0. The van der Waals surface area contributed by atoms with E-state index in [1.165, 1.54) is 0 Å². The molecule has 2 aromatic rings. The third kappa shape index (κ3) is 1.97. The molecule has 0 bridgehead atoms. The van der Waals surface area contributed by atoms with E-state index in [-0.39, 0.29) is 11.7 Å². The first-order valence-electron chi connectivity index (χ1n) is 4.69. The molecule has 0 fully saturated rings. The molecule has 0 spiro atoms. The van der Waals surface area contributed by atoms with Crippen molar-refractivity contribution in [2.45, 2.75) is 13.0 Å². The molecule has 0 amide bonds. The third-order valence-corrected chi connectivity index (χ3v) is 2.66. The largest absolute Gasteiger partial charge is 0.326 e. The highest BCUT2D eigenvalue weighted by molar-refractivity contribution is 6.30. The maximum Gasteiger partial charge on any atom is 0.326 e.